The van der Waals surface area contributed by atoms with E-state index in [0.29, 0.717) is 6.42 Å². The van der Waals surface area contributed by atoms with Gasteiger partial charge in [0, 0.05) is 23.0 Å². The topological polar surface area (TPSA) is 65.6 Å². The van der Waals surface area contributed by atoms with Crippen LogP contribution in [0.1, 0.15) is 28.4 Å². The van der Waals surface area contributed by atoms with E-state index in [2.05, 4.69) is 11.1 Å². The van der Waals surface area contributed by atoms with Crippen LogP contribution >= 0.6 is 0 Å². The van der Waals surface area contributed by atoms with Gasteiger partial charge in [0.2, 0.25) is 0 Å². The van der Waals surface area contributed by atoms with Crippen LogP contribution in [0.5, 0.6) is 5.75 Å². The largest absolute Gasteiger partial charge is 0.497 e. The van der Waals surface area contributed by atoms with Crippen LogP contribution in [0.15, 0.2) is 78.9 Å². The number of nitrogens with one attached hydrogen (secondary N) is 1. The Kier molecular flexibility index (Phi) is 4.47. The van der Waals surface area contributed by atoms with E-state index in [1.807, 2.05) is 72.8 Å². The second-order valence-electron chi connectivity index (χ2n) is 8.56. The standard InChI is InChI=1S/C27H23N3O3/c1-33-19-13-11-18(12-14-19)25-24-21(20-9-5-6-10-22(20)28-24)15-23-26(31)29(27(32)30(23)25)16-17-7-3-2-4-8-17/h2-14,23,25,28H,15-16H2,1H3/t23-,25?/m0/s1. The summed E-state index contributed by atoms with van der Waals surface area (Å²) >= 11 is 0. The van der Waals surface area contributed by atoms with Crippen molar-refractivity contribution >= 4 is 22.8 Å². The fourth-order valence-electron chi connectivity index (χ4n) is 5.17. The molecule has 3 heterocycles. The zero-order chi connectivity index (χ0) is 22.5. The minimum atomic E-state index is -0.528. The average molecular weight is 437 g/mol. The van der Waals surface area contributed by atoms with Gasteiger partial charge in [-0.3, -0.25) is 14.6 Å². The Morgan fingerprint density at radius 1 is 0.939 bits per heavy atom. The van der Waals surface area contributed by atoms with Gasteiger partial charge in [0.25, 0.3) is 5.91 Å². The number of nitrogens with zero attached hydrogens (tertiary/aromatic N) is 2. The van der Waals surface area contributed by atoms with Gasteiger partial charge in [-0.2, -0.15) is 0 Å². The molecule has 0 radical (unpaired) electrons. The van der Waals surface area contributed by atoms with E-state index in [1.165, 1.54) is 4.90 Å². The molecule has 0 aliphatic carbocycles. The van der Waals surface area contributed by atoms with Crippen LogP contribution < -0.4 is 4.74 Å². The fourth-order valence-corrected chi connectivity index (χ4v) is 5.17. The number of aromatic nitrogens is 1. The van der Waals surface area contributed by atoms with Gasteiger partial charge in [-0.25, -0.2) is 4.79 Å². The van der Waals surface area contributed by atoms with Gasteiger partial charge in [0.1, 0.15) is 17.8 Å². The number of hydrogen-bond acceptors (Lipinski definition) is 3. The number of carbonyl (C=O) groups excluding carboxylic acids is 2. The molecule has 6 heteroatoms. The first kappa shape index (κ1) is 19.6. The zero-order valence-electron chi connectivity index (χ0n) is 18.2. The maximum atomic E-state index is 13.7. The second-order valence-corrected chi connectivity index (χ2v) is 8.56. The van der Waals surface area contributed by atoms with Crippen molar-refractivity contribution in [2.24, 2.45) is 0 Å². The molecular weight excluding hydrogens is 414 g/mol. The molecule has 0 spiro atoms. The van der Waals surface area contributed by atoms with E-state index >= 15 is 0 Å². The van der Waals surface area contributed by atoms with Crippen LogP contribution in [0.2, 0.25) is 0 Å². The van der Waals surface area contributed by atoms with Crippen molar-refractivity contribution in [2.75, 3.05) is 7.11 Å². The van der Waals surface area contributed by atoms with Crippen LogP contribution in [0.3, 0.4) is 0 Å². The highest BCUT2D eigenvalue weighted by atomic mass is 16.5. The van der Waals surface area contributed by atoms with Crippen LogP contribution in [0.4, 0.5) is 4.79 Å². The summed E-state index contributed by atoms with van der Waals surface area (Å²) in [6.07, 6.45) is 0.502. The van der Waals surface area contributed by atoms with E-state index in [-0.39, 0.29) is 24.5 Å². The number of ether oxygens (including phenoxy) is 1. The molecule has 1 fully saturated rings. The molecule has 3 aromatic carbocycles. The molecule has 1 saturated heterocycles. The number of carbonyl (C=O) groups is 2. The summed E-state index contributed by atoms with van der Waals surface area (Å²) in [6, 6.07) is 24.3. The SMILES string of the molecule is COc1ccc(C2c3[nH]c4ccccc4c3C[C@H]3C(=O)N(Cc4ccccc4)C(=O)N23)cc1. The third-order valence-electron chi connectivity index (χ3n) is 6.75. The molecule has 2 aliphatic rings. The first-order chi connectivity index (χ1) is 16.2. The van der Waals surface area contributed by atoms with Crippen molar-refractivity contribution < 1.29 is 14.3 Å². The third kappa shape index (κ3) is 3.02. The van der Waals surface area contributed by atoms with Crippen molar-refractivity contribution in [3.63, 3.8) is 0 Å². The first-order valence-electron chi connectivity index (χ1n) is 11.1. The molecule has 6 rings (SSSR count). The average Bonchev–Trinajstić information content (AvgIpc) is 3.34. The van der Waals surface area contributed by atoms with Crippen molar-refractivity contribution in [2.45, 2.75) is 25.0 Å². The molecule has 3 amide bonds. The molecule has 1 unspecified atom stereocenters. The van der Waals surface area contributed by atoms with Gasteiger partial charge in [-0.15, -0.1) is 0 Å². The molecule has 164 valence electrons. The second kappa shape index (κ2) is 7.52. The number of rotatable bonds is 4. The number of H-pyrrole nitrogens is 1. The lowest BCUT2D eigenvalue weighted by atomic mass is 9.89. The van der Waals surface area contributed by atoms with Crippen LogP contribution in [0.25, 0.3) is 10.9 Å². The van der Waals surface area contributed by atoms with E-state index < -0.39 is 6.04 Å². The normalized spacial score (nSPS) is 19.7. The molecule has 2 atom stereocenters. The summed E-state index contributed by atoms with van der Waals surface area (Å²) in [4.78, 5) is 33.9. The van der Waals surface area contributed by atoms with Crippen molar-refractivity contribution in [3.05, 3.63) is 101 Å². The molecule has 0 saturated carbocycles. The number of hydrogen-bond donors (Lipinski definition) is 1. The lowest BCUT2D eigenvalue weighted by Crippen LogP contribution is -2.44. The van der Waals surface area contributed by atoms with E-state index in [1.54, 1.807) is 12.0 Å². The summed E-state index contributed by atoms with van der Waals surface area (Å²) in [7, 11) is 1.63. The molecular formula is C27H23N3O3. The Labute approximate surface area is 191 Å². The third-order valence-corrected chi connectivity index (χ3v) is 6.75. The first-order valence-corrected chi connectivity index (χ1v) is 11.1. The summed E-state index contributed by atoms with van der Waals surface area (Å²) in [6.45, 7) is 0.273. The predicted octanol–water partition coefficient (Wildman–Crippen LogP) is 4.66. The monoisotopic (exact) mass is 437 g/mol. The Morgan fingerprint density at radius 3 is 2.42 bits per heavy atom. The van der Waals surface area contributed by atoms with E-state index in [9.17, 15) is 9.59 Å². The van der Waals surface area contributed by atoms with Gasteiger partial charge in [0.15, 0.2) is 0 Å². The summed E-state index contributed by atoms with van der Waals surface area (Å²) in [5.41, 5.74) is 4.97. The zero-order valence-corrected chi connectivity index (χ0v) is 18.2. The molecule has 1 aromatic heterocycles. The minimum Gasteiger partial charge on any atom is -0.497 e. The van der Waals surface area contributed by atoms with Crippen molar-refractivity contribution in [3.8, 4) is 5.75 Å². The number of benzene rings is 3. The number of amides is 3. The number of imide groups is 1. The highest BCUT2D eigenvalue weighted by molar-refractivity contribution is 6.05. The smallest absolute Gasteiger partial charge is 0.328 e. The Morgan fingerprint density at radius 2 is 1.67 bits per heavy atom. The number of para-hydroxylation sites is 1. The van der Waals surface area contributed by atoms with Gasteiger partial charge in [-0.05, 0) is 34.9 Å². The lowest BCUT2D eigenvalue weighted by Gasteiger charge is -2.36. The Bertz CT molecular complexity index is 1360. The summed E-state index contributed by atoms with van der Waals surface area (Å²) in [5.74, 6) is 0.607. The van der Waals surface area contributed by atoms with Gasteiger partial charge in [0.05, 0.1) is 13.7 Å². The van der Waals surface area contributed by atoms with Crippen molar-refractivity contribution in [1.82, 2.24) is 14.8 Å². The molecule has 4 aromatic rings. The maximum absolute atomic E-state index is 13.7. The van der Waals surface area contributed by atoms with Gasteiger partial charge >= 0.3 is 6.03 Å². The highest BCUT2D eigenvalue weighted by Crippen LogP contribution is 2.44. The highest BCUT2D eigenvalue weighted by Gasteiger charge is 2.52. The van der Waals surface area contributed by atoms with Gasteiger partial charge < -0.3 is 9.72 Å². The molecule has 33 heavy (non-hydrogen) atoms. The number of urea groups is 1. The van der Waals surface area contributed by atoms with Crippen molar-refractivity contribution in [1.29, 1.82) is 0 Å². The molecule has 1 N–H and O–H groups in total. The van der Waals surface area contributed by atoms with Crippen LogP contribution in [0, 0.1) is 0 Å². The quantitative estimate of drug-likeness (QED) is 0.473. The number of methoxy groups -OCH3 is 1. The van der Waals surface area contributed by atoms with E-state index in [4.69, 9.17) is 4.74 Å². The fraction of sp³-hybridized carbons (Fsp3) is 0.185. The maximum Gasteiger partial charge on any atom is 0.328 e. The van der Waals surface area contributed by atoms with E-state index in [0.717, 1.165) is 39.0 Å². The van der Waals surface area contributed by atoms with Crippen LogP contribution in [-0.4, -0.2) is 39.9 Å². The molecule has 6 nitrogen and oxygen atoms in total. The number of aromatic amines is 1. The summed E-state index contributed by atoms with van der Waals surface area (Å²) in [5, 5.41) is 1.10. The van der Waals surface area contributed by atoms with Gasteiger partial charge in [-0.1, -0.05) is 60.7 Å². The lowest BCUT2D eigenvalue weighted by molar-refractivity contribution is -0.129. The number of fused-ring (bicyclic) bond motifs is 4. The van der Waals surface area contributed by atoms with Crippen LogP contribution in [-0.2, 0) is 17.8 Å². The Balaban J connectivity index is 1.48. The molecule has 0 bridgehead atoms. The predicted molar refractivity (Wildman–Crippen MR) is 125 cm³/mol. The Hall–Kier alpha value is -4.06. The summed E-state index contributed by atoms with van der Waals surface area (Å²) < 4.78 is 5.33. The molecule has 2 aliphatic heterocycles. The minimum absolute atomic E-state index is 0.140.